The molecule has 0 aromatic heterocycles. The second-order valence-electron chi connectivity index (χ2n) is 4.31. The van der Waals surface area contributed by atoms with Gasteiger partial charge in [-0.15, -0.1) is 0 Å². The molecule has 0 saturated carbocycles. The fourth-order valence-corrected chi connectivity index (χ4v) is 2.31. The number of urea groups is 1. The lowest BCUT2D eigenvalue weighted by Gasteiger charge is -2.11. The van der Waals surface area contributed by atoms with E-state index in [0.717, 1.165) is 5.56 Å². The van der Waals surface area contributed by atoms with Crippen LogP contribution in [0.2, 0.25) is 10.0 Å². The number of carbonyl (C=O) groups excluding carboxylic acids is 1. The number of aryl methyl sites for hydroxylation is 1. The van der Waals surface area contributed by atoms with Crippen LogP contribution in [0.3, 0.4) is 0 Å². The van der Waals surface area contributed by atoms with Crippen molar-refractivity contribution in [1.29, 1.82) is 0 Å². The molecule has 0 saturated heterocycles. The summed E-state index contributed by atoms with van der Waals surface area (Å²) < 4.78 is 0. The number of nitrogens with one attached hydrogen (secondary N) is 2. The molecule has 2 aromatic rings. The summed E-state index contributed by atoms with van der Waals surface area (Å²) in [5.74, 6) is 0. The summed E-state index contributed by atoms with van der Waals surface area (Å²) in [4.78, 5) is 11.9. The Morgan fingerprint density at radius 2 is 1.75 bits per heavy atom. The number of hydrogen-bond acceptors (Lipinski definition) is 2. The van der Waals surface area contributed by atoms with Gasteiger partial charge in [-0.3, -0.25) is 0 Å². The number of anilines is 3. The normalized spacial score (nSPS) is 10.2. The molecule has 0 atom stereocenters. The maximum atomic E-state index is 11.9. The highest BCUT2D eigenvalue weighted by Gasteiger charge is 2.11. The van der Waals surface area contributed by atoms with Gasteiger partial charge in [0.15, 0.2) is 0 Å². The van der Waals surface area contributed by atoms with E-state index in [-0.39, 0.29) is 10.0 Å². The second-order valence-corrected chi connectivity index (χ2v) is 5.12. The first-order chi connectivity index (χ1) is 9.45. The third-order valence-electron chi connectivity index (χ3n) is 2.58. The third-order valence-corrected chi connectivity index (χ3v) is 3.18. The van der Waals surface area contributed by atoms with Crippen molar-refractivity contribution in [1.82, 2.24) is 0 Å². The van der Waals surface area contributed by atoms with Gasteiger partial charge in [0.05, 0.1) is 15.7 Å². The van der Waals surface area contributed by atoms with E-state index in [2.05, 4.69) is 10.6 Å². The van der Waals surface area contributed by atoms with Gasteiger partial charge >= 0.3 is 6.03 Å². The Hall–Kier alpha value is -1.91. The summed E-state index contributed by atoms with van der Waals surface area (Å²) in [5.41, 5.74) is 8.10. The number of nitrogens with two attached hydrogens (primary N) is 1. The SMILES string of the molecule is Cc1cccc(NC(=O)Nc2c(Cl)cc(N)cc2Cl)c1. The minimum atomic E-state index is -0.427. The van der Waals surface area contributed by atoms with E-state index in [1.807, 2.05) is 25.1 Å². The van der Waals surface area contributed by atoms with Crippen molar-refractivity contribution in [3.05, 3.63) is 52.0 Å². The summed E-state index contributed by atoms with van der Waals surface area (Å²) in [6.07, 6.45) is 0. The number of carbonyl (C=O) groups is 1. The molecule has 2 amide bonds. The molecule has 0 aliphatic heterocycles. The van der Waals surface area contributed by atoms with Crippen LogP contribution in [-0.4, -0.2) is 6.03 Å². The monoisotopic (exact) mass is 309 g/mol. The Labute approximate surface area is 126 Å². The molecule has 4 N–H and O–H groups in total. The van der Waals surface area contributed by atoms with Gasteiger partial charge in [-0.2, -0.15) is 0 Å². The van der Waals surface area contributed by atoms with Gasteiger partial charge in [0.25, 0.3) is 0 Å². The van der Waals surface area contributed by atoms with E-state index in [4.69, 9.17) is 28.9 Å². The molecule has 0 radical (unpaired) electrons. The topological polar surface area (TPSA) is 67.2 Å². The molecule has 4 nitrogen and oxygen atoms in total. The lowest BCUT2D eigenvalue weighted by atomic mass is 10.2. The maximum absolute atomic E-state index is 11.9. The first-order valence-corrected chi connectivity index (χ1v) is 6.60. The Kier molecular flexibility index (Phi) is 4.37. The molecule has 2 aromatic carbocycles. The summed E-state index contributed by atoms with van der Waals surface area (Å²) in [6.45, 7) is 1.94. The van der Waals surface area contributed by atoms with Crippen LogP contribution in [0.5, 0.6) is 0 Å². The molecule has 0 unspecified atom stereocenters. The van der Waals surface area contributed by atoms with Gasteiger partial charge in [0.1, 0.15) is 0 Å². The van der Waals surface area contributed by atoms with E-state index >= 15 is 0 Å². The molecular weight excluding hydrogens is 297 g/mol. The van der Waals surface area contributed by atoms with Crippen molar-refractivity contribution in [3.8, 4) is 0 Å². The number of nitrogen functional groups attached to an aromatic ring is 1. The standard InChI is InChI=1S/C14H13Cl2N3O/c1-8-3-2-4-10(5-8)18-14(20)19-13-11(15)6-9(17)7-12(13)16/h2-7H,17H2,1H3,(H2,18,19,20). The average Bonchev–Trinajstić information content (AvgIpc) is 2.33. The van der Waals surface area contributed by atoms with Gasteiger partial charge in [-0.1, -0.05) is 35.3 Å². The van der Waals surface area contributed by atoms with Crippen molar-refractivity contribution < 1.29 is 4.79 Å². The molecule has 2 rings (SSSR count). The highest BCUT2D eigenvalue weighted by Crippen LogP contribution is 2.32. The molecule has 104 valence electrons. The van der Waals surface area contributed by atoms with Crippen molar-refractivity contribution in [2.75, 3.05) is 16.4 Å². The predicted octanol–water partition coefficient (Wildman–Crippen LogP) is 4.53. The van der Waals surface area contributed by atoms with Crippen LogP contribution >= 0.6 is 23.2 Å². The maximum Gasteiger partial charge on any atom is 0.323 e. The van der Waals surface area contributed by atoms with Gasteiger partial charge in [-0.25, -0.2) is 4.79 Å². The van der Waals surface area contributed by atoms with Gasteiger partial charge in [0, 0.05) is 11.4 Å². The summed E-state index contributed by atoms with van der Waals surface area (Å²) in [5, 5.41) is 5.88. The van der Waals surface area contributed by atoms with Crippen LogP contribution in [0.4, 0.5) is 21.9 Å². The van der Waals surface area contributed by atoms with Crippen LogP contribution in [0.25, 0.3) is 0 Å². The van der Waals surface area contributed by atoms with E-state index in [0.29, 0.717) is 17.1 Å². The molecule has 0 aliphatic rings. The number of hydrogen-bond donors (Lipinski definition) is 3. The van der Waals surface area contributed by atoms with Crippen LogP contribution in [0.15, 0.2) is 36.4 Å². The largest absolute Gasteiger partial charge is 0.399 e. The molecule has 20 heavy (non-hydrogen) atoms. The van der Waals surface area contributed by atoms with Crippen molar-refractivity contribution in [2.24, 2.45) is 0 Å². The van der Waals surface area contributed by atoms with E-state index in [1.54, 1.807) is 6.07 Å². The highest BCUT2D eigenvalue weighted by atomic mass is 35.5. The summed E-state index contributed by atoms with van der Waals surface area (Å²) in [7, 11) is 0. The summed E-state index contributed by atoms with van der Waals surface area (Å²) in [6, 6.07) is 10.1. The van der Waals surface area contributed by atoms with E-state index < -0.39 is 6.03 Å². The highest BCUT2D eigenvalue weighted by molar-refractivity contribution is 6.40. The summed E-state index contributed by atoms with van der Waals surface area (Å²) >= 11 is 12.0. The minimum Gasteiger partial charge on any atom is -0.399 e. The Morgan fingerprint density at radius 1 is 1.10 bits per heavy atom. The molecule has 6 heteroatoms. The minimum absolute atomic E-state index is 0.286. The Bertz CT molecular complexity index is 636. The van der Waals surface area contributed by atoms with E-state index in [9.17, 15) is 4.79 Å². The van der Waals surface area contributed by atoms with Crippen molar-refractivity contribution >= 4 is 46.3 Å². The quantitative estimate of drug-likeness (QED) is 0.713. The van der Waals surface area contributed by atoms with Crippen LogP contribution < -0.4 is 16.4 Å². The molecule has 0 bridgehead atoms. The molecular formula is C14H13Cl2N3O. The number of benzene rings is 2. The first-order valence-electron chi connectivity index (χ1n) is 5.85. The fourth-order valence-electron chi connectivity index (χ4n) is 1.71. The molecule has 0 aliphatic carbocycles. The lowest BCUT2D eigenvalue weighted by molar-refractivity contribution is 0.262. The third kappa shape index (κ3) is 3.56. The predicted molar refractivity (Wildman–Crippen MR) is 84.7 cm³/mol. The van der Waals surface area contributed by atoms with Crippen LogP contribution in [0.1, 0.15) is 5.56 Å². The van der Waals surface area contributed by atoms with Gasteiger partial charge in [0.2, 0.25) is 0 Å². The smallest absolute Gasteiger partial charge is 0.323 e. The Balaban J connectivity index is 2.13. The molecule has 0 spiro atoms. The fraction of sp³-hybridized carbons (Fsp3) is 0.0714. The molecule has 0 fully saturated rings. The van der Waals surface area contributed by atoms with Crippen molar-refractivity contribution in [3.63, 3.8) is 0 Å². The number of amides is 2. The first kappa shape index (κ1) is 14.5. The molecule has 0 heterocycles. The number of halogens is 2. The average molecular weight is 310 g/mol. The Morgan fingerprint density at radius 3 is 2.35 bits per heavy atom. The zero-order chi connectivity index (χ0) is 14.7. The zero-order valence-corrected chi connectivity index (χ0v) is 12.2. The number of rotatable bonds is 2. The van der Waals surface area contributed by atoms with E-state index in [1.165, 1.54) is 12.1 Å². The zero-order valence-electron chi connectivity index (χ0n) is 10.7. The van der Waals surface area contributed by atoms with Crippen LogP contribution in [0, 0.1) is 6.92 Å². The van der Waals surface area contributed by atoms with Crippen LogP contribution in [-0.2, 0) is 0 Å². The van der Waals surface area contributed by atoms with Gasteiger partial charge in [-0.05, 0) is 36.8 Å². The van der Waals surface area contributed by atoms with Crippen molar-refractivity contribution in [2.45, 2.75) is 6.92 Å². The lowest BCUT2D eigenvalue weighted by Crippen LogP contribution is -2.20. The van der Waals surface area contributed by atoms with Gasteiger partial charge < -0.3 is 16.4 Å². The second kappa shape index (κ2) is 6.03.